The van der Waals surface area contributed by atoms with Crippen LogP contribution in [0, 0.1) is 12.3 Å². The molecule has 1 aromatic carbocycles. The number of hydrogen-bond donors (Lipinski definition) is 2. The smallest absolute Gasteiger partial charge is 0.141 e. The van der Waals surface area contributed by atoms with Crippen molar-refractivity contribution in [1.29, 1.82) is 5.41 Å². The molecular formula is C13H13N3. The third-order valence-electron chi connectivity index (χ3n) is 2.37. The van der Waals surface area contributed by atoms with Crippen molar-refractivity contribution in [2.24, 2.45) is 5.73 Å². The molecule has 0 aliphatic carbocycles. The van der Waals surface area contributed by atoms with Gasteiger partial charge in [-0.1, -0.05) is 35.9 Å². The molecule has 3 N–H and O–H groups in total. The lowest BCUT2D eigenvalue weighted by atomic mass is 10.1. The number of amidine groups is 1. The molecule has 0 saturated heterocycles. The van der Waals surface area contributed by atoms with Crippen molar-refractivity contribution in [2.45, 2.75) is 6.92 Å². The number of benzene rings is 1. The summed E-state index contributed by atoms with van der Waals surface area (Å²) in [6.45, 7) is 2.04. The van der Waals surface area contributed by atoms with Crippen molar-refractivity contribution in [3.05, 3.63) is 53.7 Å². The summed E-state index contributed by atoms with van der Waals surface area (Å²) < 4.78 is 0. The second-order valence-corrected chi connectivity index (χ2v) is 3.69. The highest BCUT2D eigenvalue weighted by Crippen LogP contribution is 2.17. The van der Waals surface area contributed by atoms with Gasteiger partial charge in [-0.3, -0.25) is 5.41 Å². The largest absolute Gasteiger partial charge is 0.382 e. The van der Waals surface area contributed by atoms with Gasteiger partial charge in [-0.05, 0) is 19.1 Å². The molecule has 2 rings (SSSR count). The van der Waals surface area contributed by atoms with Crippen LogP contribution in [-0.2, 0) is 0 Å². The zero-order valence-corrected chi connectivity index (χ0v) is 9.07. The summed E-state index contributed by atoms with van der Waals surface area (Å²) in [6, 6.07) is 13.6. The molecule has 2 aromatic rings. The summed E-state index contributed by atoms with van der Waals surface area (Å²) in [6.07, 6.45) is 0. The van der Waals surface area contributed by atoms with Gasteiger partial charge in [0.25, 0.3) is 0 Å². The molecule has 0 unspecified atom stereocenters. The van der Waals surface area contributed by atoms with E-state index < -0.39 is 0 Å². The summed E-state index contributed by atoms with van der Waals surface area (Å²) in [4.78, 5) is 4.32. The molecule has 3 nitrogen and oxygen atoms in total. The number of nitrogens with zero attached hydrogens (tertiary/aromatic N) is 1. The SMILES string of the molecule is Cc1ccc(-c2cccc(C(=N)N)n2)cc1. The molecule has 0 atom stereocenters. The Hall–Kier alpha value is -2.16. The molecule has 3 heteroatoms. The number of nitrogen functional groups attached to an aromatic ring is 1. The number of hydrogen-bond acceptors (Lipinski definition) is 2. The van der Waals surface area contributed by atoms with Crippen LogP contribution in [0.15, 0.2) is 42.5 Å². The van der Waals surface area contributed by atoms with Gasteiger partial charge in [-0.15, -0.1) is 0 Å². The molecule has 0 spiro atoms. The summed E-state index contributed by atoms with van der Waals surface area (Å²) in [7, 11) is 0. The van der Waals surface area contributed by atoms with Crippen LogP contribution in [0.2, 0.25) is 0 Å². The minimum Gasteiger partial charge on any atom is -0.382 e. The Bertz CT molecular complexity index is 515. The highest BCUT2D eigenvalue weighted by Gasteiger charge is 2.02. The second-order valence-electron chi connectivity index (χ2n) is 3.69. The molecule has 1 aromatic heterocycles. The van der Waals surface area contributed by atoms with E-state index in [0.29, 0.717) is 5.69 Å². The molecular weight excluding hydrogens is 198 g/mol. The van der Waals surface area contributed by atoms with E-state index >= 15 is 0 Å². The van der Waals surface area contributed by atoms with Crippen LogP contribution in [0.5, 0.6) is 0 Å². The minimum atomic E-state index is -0.00559. The third kappa shape index (κ3) is 2.08. The first-order chi connectivity index (χ1) is 7.66. The first-order valence-corrected chi connectivity index (χ1v) is 5.05. The van der Waals surface area contributed by atoms with Gasteiger partial charge in [0, 0.05) is 5.56 Å². The summed E-state index contributed by atoms with van der Waals surface area (Å²) in [5.41, 5.74) is 9.01. The van der Waals surface area contributed by atoms with Crippen LogP contribution in [0.4, 0.5) is 0 Å². The Morgan fingerprint density at radius 3 is 2.44 bits per heavy atom. The highest BCUT2D eigenvalue weighted by atomic mass is 14.8. The van der Waals surface area contributed by atoms with Crippen molar-refractivity contribution in [2.75, 3.05) is 0 Å². The topological polar surface area (TPSA) is 62.8 Å². The third-order valence-corrected chi connectivity index (χ3v) is 2.37. The Balaban J connectivity index is 2.44. The number of pyridine rings is 1. The fourth-order valence-electron chi connectivity index (χ4n) is 1.47. The lowest BCUT2D eigenvalue weighted by Crippen LogP contribution is -2.13. The van der Waals surface area contributed by atoms with Gasteiger partial charge in [0.2, 0.25) is 0 Å². The van der Waals surface area contributed by atoms with Gasteiger partial charge in [-0.25, -0.2) is 4.98 Å². The molecule has 80 valence electrons. The first kappa shape index (κ1) is 10.4. The summed E-state index contributed by atoms with van der Waals surface area (Å²) in [5, 5.41) is 7.34. The first-order valence-electron chi connectivity index (χ1n) is 5.05. The maximum absolute atomic E-state index is 7.34. The van der Waals surface area contributed by atoms with Crippen molar-refractivity contribution in [3.8, 4) is 11.3 Å². The number of aryl methyl sites for hydroxylation is 1. The van der Waals surface area contributed by atoms with Crippen LogP contribution in [0.3, 0.4) is 0 Å². The summed E-state index contributed by atoms with van der Waals surface area (Å²) >= 11 is 0. The van der Waals surface area contributed by atoms with E-state index in [-0.39, 0.29) is 5.84 Å². The molecule has 0 fully saturated rings. The average molecular weight is 211 g/mol. The van der Waals surface area contributed by atoms with Crippen molar-refractivity contribution in [1.82, 2.24) is 4.98 Å². The Morgan fingerprint density at radius 2 is 1.81 bits per heavy atom. The molecule has 0 bridgehead atoms. The van der Waals surface area contributed by atoms with E-state index in [1.54, 1.807) is 6.07 Å². The van der Waals surface area contributed by atoms with E-state index in [2.05, 4.69) is 4.98 Å². The molecule has 0 amide bonds. The zero-order chi connectivity index (χ0) is 11.5. The fraction of sp³-hybridized carbons (Fsp3) is 0.0769. The van der Waals surface area contributed by atoms with E-state index in [1.807, 2.05) is 43.3 Å². The molecule has 0 aliphatic heterocycles. The molecule has 0 aliphatic rings. The normalized spacial score (nSPS) is 10.1. The predicted octanol–water partition coefficient (Wildman–Crippen LogP) is 2.34. The van der Waals surface area contributed by atoms with Crippen LogP contribution in [0.25, 0.3) is 11.3 Å². The van der Waals surface area contributed by atoms with Crippen molar-refractivity contribution < 1.29 is 0 Å². The molecule has 1 heterocycles. The number of nitrogens with one attached hydrogen (secondary N) is 1. The second kappa shape index (κ2) is 4.14. The predicted molar refractivity (Wildman–Crippen MR) is 65.4 cm³/mol. The maximum Gasteiger partial charge on any atom is 0.141 e. The van der Waals surface area contributed by atoms with E-state index in [1.165, 1.54) is 5.56 Å². The lowest BCUT2D eigenvalue weighted by Gasteiger charge is -2.03. The Morgan fingerprint density at radius 1 is 1.12 bits per heavy atom. The Kier molecular flexibility index (Phi) is 2.68. The van der Waals surface area contributed by atoms with E-state index in [4.69, 9.17) is 11.1 Å². The quantitative estimate of drug-likeness (QED) is 0.591. The Labute approximate surface area is 94.5 Å². The van der Waals surface area contributed by atoms with Crippen LogP contribution < -0.4 is 5.73 Å². The van der Waals surface area contributed by atoms with Gasteiger partial charge in [-0.2, -0.15) is 0 Å². The van der Waals surface area contributed by atoms with Gasteiger partial charge in [0.05, 0.1) is 5.69 Å². The number of rotatable bonds is 2. The number of aromatic nitrogens is 1. The average Bonchev–Trinajstić information content (AvgIpc) is 2.30. The highest BCUT2D eigenvalue weighted by molar-refractivity contribution is 5.93. The van der Waals surface area contributed by atoms with Crippen LogP contribution in [0.1, 0.15) is 11.3 Å². The van der Waals surface area contributed by atoms with Gasteiger partial charge in [0.1, 0.15) is 11.5 Å². The molecule has 0 saturated carbocycles. The minimum absolute atomic E-state index is 0.00559. The molecule has 0 radical (unpaired) electrons. The zero-order valence-electron chi connectivity index (χ0n) is 9.07. The van der Waals surface area contributed by atoms with Crippen molar-refractivity contribution in [3.63, 3.8) is 0 Å². The summed E-state index contributed by atoms with van der Waals surface area (Å²) in [5.74, 6) is -0.00559. The van der Waals surface area contributed by atoms with E-state index in [9.17, 15) is 0 Å². The van der Waals surface area contributed by atoms with Crippen molar-refractivity contribution >= 4 is 5.84 Å². The standard InChI is InChI=1S/C13H13N3/c1-9-5-7-10(8-6-9)11-3-2-4-12(16-11)13(14)15/h2-8H,1H3,(H3,14,15). The fourth-order valence-corrected chi connectivity index (χ4v) is 1.47. The van der Waals surface area contributed by atoms with Gasteiger partial charge in [0.15, 0.2) is 0 Å². The van der Waals surface area contributed by atoms with Gasteiger partial charge >= 0.3 is 0 Å². The lowest BCUT2D eigenvalue weighted by molar-refractivity contribution is 1.25. The van der Waals surface area contributed by atoms with Gasteiger partial charge < -0.3 is 5.73 Å². The monoisotopic (exact) mass is 211 g/mol. The van der Waals surface area contributed by atoms with E-state index in [0.717, 1.165) is 11.3 Å². The van der Waals surface area contributed by atoms with Crippen LogP contribution >= 0.6 is 0 Å². The number of nitrogens with two attached hydrogens (primary N) is 1. The molecule has 16 heavy (non-hydrogen) atoms. The van der Waals surface area contributed by atoms with Crippen LogP contribution in [-0.4, -0.2) is 10.8 Å². The maximum atomic E-state index is 7.34.